The van der Waals surface area contributed by atoms with Gasteiger partial charge in [-0.3, -0.25) is 9.69 Å². The molecule has 0 aliphatic carbocycles. The first-order valence-corrected chi connectivity index (χ1v) is 10.3. The molecule has 8 heteroatoms. The number of anilines is 1. The van der Waals surface area contributed by atoms with Crippen LogP contribution in [0, 0.1) is 0 Å². The molecule has 0 bridgehead atoms. The van der Waals surface area contributed by atoms with E-state index in [2.05, 4.69) is 15.2 Å². The predicted molar refractivity (Wildman–Crippen MR) is 116 cm³/mol. The summed E-state index contributed by atoms with van der Waals surface area (Å²) in [6.07, 6.45) is 1.89. The fourth-order valence-electron chi connectivity index (χ4n) is 3.73. The summed E-state index contributed by atoms with van der Waals surface area (Å²) in [6, 6.07) is 10.8. The van der Waals surface area contributed by atoms with Gasteiger partial charge in [0.1, 0.15) is 11.6 Å². The summed E-state index contributed by atoms with van der Waals surface area (Å²) >= 11 is 12.1. The van der Waals surface area contributed by atoms with Gasteiger partial charge >= 0.3 is 0 Å². The van der Waals surface area contributed by atoms with Crippen molar-refractivity contribution in [1.29, 1.82) is 0 Å². The van der Waals surface area contributed by atoms with Crippen LogP contribution in [-0.2, 0) is 4.79 Å². The highest BCUT2D eigenvalue weighted by atomic mass is 35.5. The van der Waals surface area contributed by atoms with E-state index in [1.165, 1.54) is 0 Å². The van der Waals surface area contributed by atoms with Crippen LogP contribution in [0.2, 0.25) is 10.0 Å². The zero-order valence-corrected chi connectivity index (χ0v) is 17.6. The Morgan fingerprint density at radius 2 is 1.93 bits per heavy atom. The van der Waals surface area contributed by atoms with E-state index in [1.807, 2.05) is 18.2 Å². The third kappa shape index (κ3) is 4.66. The molecule has 0 radical (unpaired) electrons. The first-order valence-electron chi connectivity index (χ1n) is 9.53. The number of nitrogens with one attached hydrogen (secondary N) is 2. The largest absolute Gasteiger partial charge is 0.495 e. The molecule has 1 saturated heterocycles. The summed E-state index contributed by atoms with van der Waals surface area (Å²) in [5, 5.41) is 4.14. The highest BCUT2D eigenvalue weighted by Crippen LogP contribution is 2.30. The molecular formula is C21H22Cl2N4O2. The third-order valence-electron chi connectivity index (χ3n) is 5.24. The van der Waals surface area contributed by atoms with Crippen molar-refractivity contribution in [2.75, 3.05) is 32.1 Å². The summed E-state index contributed by atoms with van der Waals surface area (Å²) in [5.74, 6) is 1.86. The van der Waals surface area contributed by atoms with Crippen molar-refractivity contribution >= 4 is 45.8 Å². The Kier molecular flexibility index (Phi) is 5.94. The van der Waals surface area contributed by atoms with Crippen LogP contribution in [0.1, 0.15) is 24.6 Å². The number of benzene rings is 2. The number of carbonyl (C=O) groups excluding carboxylic acids is 1. The summed E-state index contributed by atoms with van der Waals surface area (Å²) in [4.78, 5) is 22.7. The minimum Gasteiger partial charge on any atom is -0.495 e. The monoisotopic (exact) mass is 432 g/mol. The van der Waals surface area contributed by atoms with Crippen molar-refractivity contribution < 1.29 is 9.53 Å². The highest BCUT2D eigenvalue weighted by Gasteiger charge is 2.24. The average molecular weight is 433 g/mol. The van der Waals surface area contributed by atoms with Gasteiger partial charge < -0.3 is 15.0 Å². The number of aromatic nitrogens is 2. The molecule has 0 spiro atoms. The van der Waals surface area contributed by atoms with E-state index in [1.54, 1.807) is 25.3 Å². The van der Waals surface area contributed by atoms with Crippen molar-refractivity contribution in [2.24, 2.45) is 0 Å². The van der Waals surface area contributed by atoms with E-state index >= 15 is 0 Å². The topological polar surface area (TPSA) is 70.2 Å². The minimum atomic E-state index is -0.0811. The molecule has 0 unspecified atom stereocenters. The molecule has 1 aromatic heterocycles. The molecule has 0 saturated carbocycles. The maximum absolute atomic E-state index is 12.5. The Morgan fingerprint density at radius 1 is 1.21 bits per heavy atom. The van der Waals surface area contributed by atoms with Gasteiger partial charge in [-0.15, -0.1) is 0 Å². The lowest BCUT2D eigenvalue weighted by Crippen LogP contribution is -2.39. The van der Waals surface area contributed by atoms with Crippen LogP contribution in [0.25, 0.3) is 11.0 Å². The molecular weight excluding hydrogens is 411 g/mol. The number of likely N-dealkylation sites (tertiary alicyclic amines) is 1. The van der Waals surface area contributed by atoms with Crippen LogP contribution < -0.4 is 10.1 Å². The van der Waals surface area contributed by atoms with E-state index in [0.29, 0.717) is 33.9 Å². The molecule has 2 N–H and O–H groups in total. The second-order valence-corrected chi connectivity index (χ2v) is 8.10. The number of carbonyl (C=O) groups is 1. The lowest BCUT2D eigenvalue weighted by atomic mass is 9.96. The lowest BCUT2D eigenvalue weighted by molar-refractivity contribution is -0.117. The standard InChI is InChI=1S/C21H22Cl2N4O2/c1-29-19-5-3-15(23)11-18(19)24-20(28)12-27-8-6-13(7-9-27)21-25-16-4-2-14(22)10-17(16)26-21/h2-5,10-11,13H,6-9,12H2,1H3,(H,24,28)(H,25,26). The maximum atomic E-state index is 12.5. The zero-order valence-electron chi connectivity index (χ0n) is 16.0. The van der Waals surface area contributed by atoms with E-state index in [-0.39, 0.29) is 5.91 Å². The van der Waals surface area contributed by atoms with Gasteiger partial charge in [0, 0.05) is 16.0 Å². The SMILES string of the molecule is COc1ccc(Cl)cc1NC(=O)CN1CCC(c2nc3ccc(Cl)cc3[nH]2)CC1. The van der Waals surface area contributed by atoms with Crippen LogP contribution >= 0.6 is 23.2 Å². The van der Waals surface area contributed by atoms with Gasteiger partial charge in [-0.2, -0.15) is 0 Å². The minimum absolute atomic E-state index is 0.0811. The molecule has 1 amide bonds. The van der Waals surface area contributed by atoms with Crippen molar-refractivity contribution in [3.63, 3.8) is 0 Å². The van der Waals surface area contributed by atoms with Crippen molar-refractivity contribution in [2.45, 2.75) is 18.8 Å². The van der Waals surface area contributed by atoms with Gasteiger partial charge in [-0.25, -0.2) is 4.98 Å². The molecule has 152 valence electrons. The number of rotatable bonds is 5. The van der Waals surface area contributed by atoms with Gasteiger partial charge in [-0.05, 0) is 62.3 Å². The van der Waals surface area contributed by atoms with Gasteiger partial charge in [0.15, 0.2) is 0 Å². The zero-order chi connectivity index (χ0) is 20.4. The van der Waals surface area contributed by atoms with E-state index in [9.17, 15) is 4.79 Å². The number of nitrogens with zero attached hydrogens (tertiary/aromatic N) is 2. The van der Waals surface area contributed by atoms with Crippen LogP contribution in [0.15, 0.2) is 36.4 Å². The normalized spacial score (nSPS) is 15.6. The average Bonchev–Trinajstić information content (AvgIpc) is 3.12. The second-order valence-electron chi connectivity index (χ2n) is 7.23. The first kappa shape index (κ1) is 20.0. The van der Waals surface area contributed by atoms with Crippen LogP contribution in [0.3, 0.4) is 0 Å². The van der Waals surface area contributed by atoms with Crippen LogP contribution in [0.4, 0.5) is 5.69 Å². The number of H-pyrrole nitrogens is 1. The number of hydrogen-bond donors (Lipinski definition) is 2. The number of ether oxygens (including phenoxy) is 1. The molecule has 2 heterocycles. The van der Waals surface area contributed by atoms with Crippen molar-refractivity contribution in [3.05, 3.63) is 52.3 Å². The molecule has 4 rings (SSSR count). The maximum Gasteiger partial charge on any atom is 0.238 e. The van der Waals surface area contributed by atoms with Crippen molar-refractivity contribution in [3.8, 4) is 5.75 Å². The number of imidazole rings is 1. The number of halogens is 2. The van der Waals surface area contributed by atoms with Crippen LogP contribution in [0.5, 0.6) is 5.75 Å². The molecule has 1 aliphatic heterocycles. The lowest BCUT2D eigenvalue weighted by Gasteiger charge is -2.30. The number of amides is 1. The molecule has 6 nitrogen and oxygen atoms in total. The molecule has 2 aromatic carbocycles. The Bertz CT molecular complexity index is 1030. The van der Waals surface area contributed by atoms with E-state index in [0.717, 1.165) is 42.8 Å². The Labute approximate surface area is 179 Å². The fourth-order valence-corrected chi connectivity index (χ4v) is 4.07. The van der Waals surface area contributed by atoms with E-state index < -0.39 is 0 Å². The summed E-state index contributed by atoms with van der Waals surface area (Å²) in [5.41, 5.74) is 2.48. The van der Waals surface area contributed by atoms with Gasteiger partial charge in [0.2, 0.25) is 5.91 Å². The summed E-state index contributed by atoms with van der Waals surface area (Å²) in [6.45, 7) is 2.00. The molecule has 0 atom stereocenters. The number of piperidine rings is 1. The molecule has 1 fully saturated rings. The number of methoxy groups -OCH3 is 1. The second kappa shape index (κ2) is 8.61. The number of fused-ring (bicyclic) bond motifs is 1. The number of aromatic amines is 1. The predicted octanol–water partition coefficient (Wildman–Crippen LogP) is 4.70. The Hall–Kier alpha value is -2.28. The van der Waals surface area contributed by atoms with Crippen LogP contribution in [-0.4, -0.2) is 47.5 Å². The summed E-state index contributed by atoms with van der Waals surface area (Å²) in [7, 11) is 1.57. The quantitative estimate of drug-likeness (QED) is 0.612. The fraction of sp³-hybridized carbons (Fsp3) is 0.333. The Morgan fingerprint density at radius 3 is 2.69 bits per heavy atom. The molecule has 29 heavy (non-hydrogen) atoms. The van der Waals surface area contributed by atoms with E-state index in [4.69, 9.17) is 32.9 Å². The smallest absolute Gasteiger partial charge is 0.238 e. The third-order valence-corrected chi connectivity index (χ3v) is 5.71. The molecule has 1 aliphatic rings. The summed E-state index contributed by atoms with van der Waals surface area (Å²) < 4.78 is 5.28. The van der Waals surface area contributed by atoms with Crippen molar-refractivity contribution in [1.82, 2.24) is 14.9 Å². The van der Waals surface area contributed by atoms with Gasteiger partial charge in [0.25, 0.3) is 0 Å². The van der Waals surface area contributed by atoms with Gasteiger partial charge in [-0.1, -0.05) is 23.2 Å². The molecule has 3 aromatic rings. The Balaban J connectivity index is 1.33. The first-order chi connectivity index (χ1) is 14.0. The number of hydrogen-bond acceptors (Lipinski definition) is 4. The highest BCUT2D eigenvalue weighted by molar-refractivity contribution is 6.31. The van der Waals surface area contributed by atoms with Gasteiger partial charge in [0.05, 0.1) is 30.4 Å².